The van der Waals surface area contributed by atoms with Gasteiger partial charge in [-0.25, -0.2) is 9.07 Å². The number of fused-ring (bicyclic) bond motifs is 1. The van der Waals surface area contributed by atoms with E-state index in [0.717, 1.165) is 46.7 Å². The Labute approximate surface area is 183 Å². The fourth-order valence-electron chi connectivity index (χ4n) is 4.01. The quantitative estimate of drug-likeness (QED) is 0.443. The summed E-state index contributed by atoms with van der Waals surface area (Å²) in [6, 6.07) is 16.4. The number of methoxy groups -OCH3 is 1. The first-order chi connectivity index (χ1) is 15.0. The summed E-state index contributed by atoms with van der Waals surface area (Å²) in [5, 5.41) is 5.55. The van der Waals surface area contributed by atoms with Gasteiger partial charge in [0.1, 0.15) is 16.4 Å². The molecule has 1 fully saturated rings. The standard InChI is InChI=1S/C24H22FN3O2S/c1-15-21-14-22(31-24(21)28(26-15)18-7-5-17(25)6-8-18)23(29)27-12-11-19(27)13-16-3-9-20(30-2)10-4-16/h3-10,14,19H,11-13H2,1-2H3. The fourth-order valence-corrected chi connectivity index (χ4v) is 5.14. The molecule has 0 N–H and O–H groups in total. The molecule has 1 aliphatic heterocycles. The summed E-state index contributed by atoms with van der Waals surface area (Å²) >= 11 is 1.44. The van der Waals surface area contributed by atoms with Gasteiger partial charge in [0.05, 0.1) is 23.4 Å². The third kappa shape index (κ3) is 3.59. The van der Waals surface area contributed by atoms with Crippen LogP contribution in [0.15, 0.2) is 54.6 Å². The predicted molar refractivity (Wildman–Crippen MR) is 120 cm³/mol. The van der Waals surface area contributed by atoms with Crippen LogP contribution in [0.1, 0.15) is 27.3 Å². The number of carbonyl (C=O) groups excluding carboxylic acids is 1. The number of hydrogen-bond donors (Lipinski definition) is 0. The topological polar surface area (TPSA) is 47.4 Å². The minimum absolute atomic E-state index is 0.0658. The molecule has 0 saturated carbocycles. The van der Waals surface area contributed by atoms with Crippen molar-refractivity contribution in [2.24, 2.45) is 0 Å². The number of halogens is 1. The predicted octanol–water partition coefficient (Wildman–Crippen LogP) is 5.00. The van der Waals surface area contributed by atoms with Gasteiger partial charge in [0.15, 0.2) is 0 Å². The lowest BCUT2D eigenvalue weighted by Gasteiger charge is -2.41. The molecular formula is C24H22FN3O2S. The van der Waals surface area contributed by atoms with Gasteiger partial charge >= 0.3 is 0 Å². The molecule has 7 heteroatoms. The maximum absolute atomic E-state index is 13.3. The molecule has 31 heavy (non-hydrogen) atoms. The highest BCUT2D eigenvalue weighted by Gasteiger charge is 2.34. The van der Waals surface area contributed by atoms with Gasteiger partial charge in [0.2, 0.25) is 0 Å². The van der Waals surface area contributed by atoms with Crippen molar-refractivity contribution in [3.05, 3.63) is 76.5 Å². The number of benzene rings is 2. The fraction of sp³-hybridized carbons (Fsp3) is 0.250. The molecule has 0 aliphatic carbocycles. The third-order valence-corrected chi connectivity index (χ3v) is 6.96. The molecule has 1 unspecified atom stereocenters. The summed E-state index contributed by atoms with van der Waals surface area (Å²) in [6.45, 7) is 2.70. The van der Waals surface area contributed by atoms with Crippen molar-refractivity contribution in [1.82, 2.24) is 14.7 Å². The maximum atomic E-state index is 13.3. The first-order valence-electron chi connectivity index (χ1n) is 10.2. The van der Waals surface area contributed by atoms with Gasteiger partial charge in [-0.3, -0.25) is 4.79 Å². The highest BCUT2D eigenvalue weighted by molar-refractivity contribution is 7.20. The van der Waals surface area contributed by atoms with E-state index in [9.17, 15) is 9.18 Å². The van der Waals surface area contributed by atoms with E-state index in [4.69, 9.17) is 4.74 Å². The Morgan fingerprint density at radius 1 is 1.19 bits per heavy atom. The van der Waals surface area contributed by atoms with Crippen LogP contribution in [-0.4, -0.2) is 40.3 Å². The number of ether oxygens (including phenoxy) is 1. The Morgan fingerprint density at radius 2 is 1.94 bits per heavy atom. The van der Waals surface area contributed by atoms with Gasteiger partial charge in [0, 0.05) is 18.0 Å². The van der Waals surface area contributed by atoms with Crippen LogP contribution in [0.3, 0.4) is 0 Å². The molecule has 1 aliphatic rings. The lowest BCUT2D eigenvalue weighted by Crippen LogP contribution is -2.51. The Kier molecular flexibility index (Phi) is 4.98. The van der Waals surface area contributed by atoms with E-state index in [1.807, 2.05) is 30.0 Å². The maximum Gasteiger partial charge on any atom is 0.264 e. The van der Waals surface area contributed by atoms with Gasteiger partial charge in [-0.1, -0.05) is 12.1 Å². The number of aryl methyl sites for hydroxylation is 1. The number of nitrogens with zero attached hydrogens (tertiary/aromatic N) is 3. The molecule has 1 saturated heterocycles. The van der Waals surface area contributed by atoms with Crippen molar-refractivity contribution in [1.29, 1.82) is 0 Å². The Balaban J connectivity index is 1.38. The van der Waals surface area contributed by atoms with Crippen LogP contribution < -0.4 is 4.74 Å². The molecule has 4 aromatic rings. The second kappa shape index (κ2) is 7.81. The van der Waals surface area contributed by atoms with E-state index >= 15 is 0 Å². The number of amides is 1. The summed E-state index contributed by atoms with van der Waals surface area (Å²) in [5.41, 5.74) is 2.83. The van der Waals surface area contributed by atoms with Gasteiger partial charge in [0.25, 0.3) is 5.91 Å². The first kappa shape index (κ1) is 19.8. The van der Waals surface area contributed by atoms with E-state index in [1.165, 1.54) is 29.0 Å². The van der Waals surface area contributed by atoms with Crippen LogP contribution in [0.25, 0.3) is 15.9 Å². The summed E-state index contributed by atoms with van der Waals surface area (Å²) in [7, 11) is 1.66. The van der Waals surface area contributed by atoms with Crippen LogP contribution in [0.2, 0.25) is 0 Å². The molecule has 0 bridgehead atoms. The highest BCUT2D eigenvalue weighted by Crippen LogP contribution is 2.33. The van der Waals surface area contributed by atoms with Crippen molar-refractivity contribution in [2.45, 2.75) is 25.8 Å². The minimum atomic E-state index is -0.286. The summed E-state index contributed by atoms with van der Waals surface area (Å²) in [4.78, 5) is 16.8. The first-order valence-corrected chi connectivity index (χ1v) is 11.0. The van der Waals surface area contributed by atoms with Crippen molar-refractivity contribution < 1.29 is 13.9 Å². The van der Waals surface area contributed by atoms with Crippen molar-refractivity contribution in [3.63, 3.8) is 0 Å². The lowest BCUT2D eigenvalue weighted by molar-refractivity contribution is 0.0470. The number of rotatable bonds is 5. The number of thiophene rings is 1. The Morgan fingerprint density at radius 3 is 2.58 bits per heavy atom. The largest absolute Gasteiger partial charge is 0.497 e. The van der Waals surface area contributed by atoms with Gasteiger partial charge in [-0.15, -0.1) is 11.3 Å². The Hall–Kier alpha value is -3.19. The molecule has 5 rings (SSSR count). The summed E-state index contributed by atoms with van der Waals surface area (Å²) in [5.74, 6) is 0.615. The molecule has 1 atom stereocenters. The van der Waals surface area contributed by atoms with Crippen molar-refractivity contribution in [2.75, 3.05) is 13.7 Å². The molecule has 3 heterocycles. The van der Waals surface area contributed by atoms with E-state index in [0.29, 0.717) is 4.88 Å². The molecule has 0 radical (unpaired) electrons. The summed E-state index contributed by atoms with van der Waals surface area (Å²) in [6.07, 6.45) is 1.84. The van der Waals surface area contributed by atoms with Gasteiger partial charge < -0.3 is 9.64 Å². The second-order valence-electron chi connectivity index (χ2n) is 7.80. The zero-order valence-electron chi connectivity index (χ0n) is 17.3. The normalized spacial score (nSPS) is 15.8. The van der Waals surface area contributed by atoms with Gasteiger partial charge in [-0.2, -0.15) is 5.10 Å². The molecule has 2 aromatic heterocycles. The van der Waals surface area contributed by atoms with E-state index in [-0.39, 0.29) is 17.8 Å². The summed E-state index contributed by atoms with van der Waals surface area (Å²) < 4.78 is 20.3. The molecule has 2 aromatic carbocycles. The van der Waals surface area contributed by atoms with E-state index < -0.39 is 0 Å². The monoisotopic (exact) mass is 435 g/mol. The Bertz CT molecular complexity index is 1240. The van der Waals surface area contributed by atoms with Crippen LogP contribution in [-0.2, 0) is 6.42 Å². The smallest absolute Gasteiger partial charge is 0.264 e. The van der Waals surface area contributed by atoms with Crippen LogP contribution in [0.4, 0.5) is 4.39 Å². The number of carbonyl (C=O) groups is 1. The highest BCUT2D eigenvalue weighted by atomic mass is 32.1. The van der Waals surface area contributed by atoms with Crippen molar-refractivity contribution >= 4 is 27.5 Å². The number of aromatic nitrogens is 2. The minimum Gasteiger partial charge on any atom is -0.497 e. The number of hydrogen-bond acceptors (Lipinski definition) is 4. The molecule has 5 nitrogen and oxygen atoms in total. The molecule has 158 valence electrons. The zero-order valence-corrected chi connectivity index (χ0v) is 18.2. The molecular weight excluding hydrogens is 413 g/mol. The third-order valence-electron chi connectivity index (χ3n) is 5.86. The van der Waals surface area contributed by atoms with E-state index in [1.54, 1.807) is 23.9 Å². The molecule has 0 spiro atoms. The van der Waals surface area contributed by atoms with E-state index in [2.05, 4.69) is 17.2 Å². The zero-order chi connectivity index (χ0) is 21.5. The van der Waals surface area contributed by atoms with Gasteiger partial charge in [-0.05, 0) is 67.8 Å². The second-order valence-corrected chi connectivity index (χ2v) is 8.83. The average molecular weight is 436 g/mol. The average Bonchev–Trinajstić information content (AvgIpc) is 3.33. The van der Waals surface area contributed by atoms with Crippen LogP contribution in [0, 0.1) is 12.7 Å². The van der Waals surface area contributed by atoms with Crippen molar-refractivity contribution in [3.8, 4) is 11.4 Å². The van der Waals surface area contributed by atoms with Crippen LogP contribution >= 0.6 is 11.3 Å². The lowest BCUT2D eigenvalue weighted by atomic mass is 9.95. The van der Waals surface area contributed by atoms with Crippen LogP contribution in [0.5, 0.6) is 5.75 Å². The SMILES string of the molecule is COc1ccc(CC2CCN2C(=O)c2cc3c(C)nn(-c4ccc(F)cc4)c3s2)cc1. The molecule has 1 amide bonds. The number of likely N-dealkylation sites (tertiary alicyclic amines) is 1.